The average Bonchev–Trinajstić information content (AvgIpc) is 3.61. The smallest absolute Gasteiger partial charge is 0.116 e. The first-order chi connectivity index (χ1) is 18.2. The summed E-state index contributed by atoms with van der Waals surface area (Å²) < 4.78 is 0. The minimum Gasteiger partial charge on any atom is -0.358 e. The van der Waals surface area contributed by atoms with Crippen LogP contribution < -0.4 is 5.32 Å². The van der Waals surface area contributed by atoms with E-state index in [1.54, 1.807) is 0 Å². The van der Waals surface area contributed by atoms with Crippen molar-refractivity contribution >= 4 is 22.2 Å². The predicted molar refractivity (Wildman–Crippen MR) is 161 cm³/mol. The molecule has 0 amide bonds. The lowest BCUT2D eigenvalue weighted by Gasteiger charge is -2.20. The quantitative estimate of drug-likeness (QED) is 0.211. The molecule has 38 heavy (non-hydrogen) atoms. The highest BCUT2D eigenvalue weighted by atomic mass is 15.1. The molecule has 3 aromatic heterocycles. The number of benzene rings is 1. The zero-order chi connectivity index (χ0) is 26.9. The Labute approximate surface area is 224 Å². The number of H-pyrrole nitrogens is 2. The maximum atomic E-state index is 4.68. The van der Waals surface area contributed by atoms with Gasteiger partial charge in [0.1, 0.15) is 5.69 Å². The van der Waals surface area contributed by atoms with E-state index < -0.39 is 0 Å². The van der Waals surface area contributed by atoms with Crippen LogP contribution >= 0.6 is 0 Å². The van der Waals surface area contributed by atoms with E-state index in [0.717, 1.165) is 74.5 Å². The number of anilines is 1. The first-order valence-electron chi connectivity index (χ1n) is 13.0. The second-order valence-corrected chi connectivity index (χ2v) is 11.1. The number of aryl methyl sites for hydroxylation is 1. The number of pyridine rings is 1. The van der Waals surface area contributed by atoms with E-state index in [9.17, 15) is 0 Å². The molecule has 0 atom stereocenters. The molecule has 1 aliphatic rings. The SMILES string of the molecule is C=C/C=C(/C1=CCC=C1)c1cc(-c2n[nH]c3ccc(-c4cncc(NC(=C)CC(C)(C)C)c4)cc23)[nH]c1C. The zero-order valence-electron chi connectivity index (χ0n) is 22.7. The maximum absolute atomic E-state index is 4.68. The summed E-state index contributed by atoms with van der Waals surface area (Å²) in [7, 11) is 0. The van der Waals surface area contributed by atoms with Crippen LogP contribution in [0.3, 0.4) is 0 Å². The van der Waals surface area contributed by atoms with Gasteiger partial charge in [0.05, 0.1) is 23.1 Å². The Kier molecular flexibility index (Phi) is 6.77. The number of hydrogen-bond donors (Lipinski definition) is 3. The van der Waals surface area contributed by atoms with Gasteiger partial charge in [-0.2, -0.15) is 5.10 Å². The Morgan fingerprint density at radius 2 is 1.97 bits per heavy atom. The molecule has 1 aliphatic carbocycles. The van der Waals surface area contributed by atoms with Crippen molar-refractivity contribution in [2.24, 2.45) is 5.41 Å². The van der Waals surface area contributed by atoms with Crippen LogP contribution in [-0.4, -0.2) is 20.2 Å². The van der Waals surface area contributed by atoms with Gasteiger partial charge in [0.2, 0.25) is 0 Å². The van der Waals surface area contributed by atoms with Crippen LogP contribution in [0.2, 0.25) is 0 Å². The Bertz CT molecular complexity index is 1610. The Morgan fingerprint density at radius 1 is 1.13 bits per heavy atom. The number of allylic oxidation sites excluding steroid dienone is 8. The summed E-state index contributed by atoms with van der Waals surface area (Å²) in [6, 6.07) is 10.7. The average molecular weight is 502 g/mol. The van der Waals surface area contributed by atoms with E-state index in [1.807, 2.05) is 18.5 Å². The molecular formula is C33H35N5. The summed E-state index contributed by atoms with van der Waals surface area (Å²) in [6.07, 6.45) is 16.1. The lowest BCUT2D eigenvalue weighted by atomic mass is 9.91. The van der Waals surface area contributed by atoms with Crippen LogP contribution in [0.15, 0.2) is 97.5 Å². The van der Waals surface area contributed by atoms with Gasteiger partial charge in [-0.15, -0.1) is 0 Å². The van der Waals surface area contributed by atoms with Crippen molar-refractivity contribution in [1.82, 2.24) is 20.2 Å². The number of nitrogens with zero attached hydrogens (tertiary/aromatic N) is 2. The molecule has 0 fully saturated rings. The van der Waals surface area contributed by atoms with Crippen molar-refractivity contribution in [3.63, 3.8) is 0 Å². The van der Waals surface area contributed by atoms with Gasteiger partial charge in [-0.1, -0.05) is 70.4 Å². The van der Waals surface area contributed by atoms with Gasteiger partial charge in [0, 0.05) is 34.1 Å². The highest BCUT2D eigenvalue weighted by Crippen LogP contribution is 2.36. The second-order valence-electron chi connectivity index (χ2n) is 11.1. The molecule has 192 valence electrons. The van der Waals surface area contributed by atoms with E-state index in [4.69, 9.17) is 0 Å². The van der Waals surface area contributed by atoms with Crippen LogP contribution in [-0.2, 0) is 0 Å². The van der Waals surface area contributed by atoms with Crippen LogP contribution in [0.4, 0.5) is 5.69 Å². The van der Waals surface area contributed by atoms with Gasteiger partial charge >= 0.3 is 0 Å². The number of aromatic amines is 2. The van der Waals surface area contributed by atoms with Crippen LogP contribution in [0.1, 0.15) is 44.9 Å². The Morgan fingerprint density at radius 3 is 2.71 bits per heavy atom. The van der Waals surface area contributed by atoms with Crippen molar-refractivity contribution in [3.8, 4) is 22.5 Å². The molecule has 5 heteroatoms. The summed E-state index contributed by atoms with van der Waals surface area (Å²) in [6.45, 7) is 16.9. The molecule has 0 spiro atoms. The molecule has 1 aromatic carbocycles. The second kappa shape index (κ2) is 10.2. The fourth-order valence-corrected chi connectivity index (χ4v) is 5.04. The third-order valence-corrected chi connectivity index (χ3v) is 6.63. The molecule has 3 heterocycles. The summed E-state index contributed by atoms with van der Waals surface area (Å²) in [5.41, 5.74) is 11.7. The van der Waals surface area contributed by atoms with Crippen molar-refractivity contribution in [3.05, 3.63) is 109 Å². The van der Waals surface area contributed by atoms with Crippen molar-refractivity contribution in [2.45, 2.75) is 40.5 Å². The lowest BCUT2D eigenvalue weighted by Crippen LogP contribution is -2.10. The first-order valence-corrected chi connectivity index (χ1v) is 13.0. The van der Waals surface area contributed by atoms with Crippen molar-refractivity contribution in [2.75, 3.05) is 5.32 Å². The van der Waals surface area contributed by atoms with Crippen LogP contribution in [0, 0.1) is 12.3 Å². The van der Waals surface area contributed by atoms with Crippen molar-refractivity contribution < 1.29 is 0 Å². The molecule has 0 saturated carbocycles. The molecule has 5 rings (SSSR count). The highest BCUT2D eigenvalue weighted by molar-refractivity contribution is 5.96. The number of hydrogen-bond acceptors (Lipinski definition) is 3. The van der Waals surface area contributed by atoms with Crippen LogP contribution in [0.25, 0.3) is 39.0 Å². The summed E-state index contributed by atoms with van der Waals surface area (Å²) in [5, 5.41) is 12.4. The molecule has 0 radical (unpaired) electrons. The Hall–Kier alpha value is -4.38. The minimum absolute atomic E-state index is 0.168. The number of nitrogens with one attached hydrogen (secondary N) is 3. The summed E-state index contributed by atoms with van der Waals surface area (Å²) >= 11 is 0. The van der Waals surface area contributed by atoms with Gasteiger partial charge in [0.25, 0.3) is 0 Å². The zero-order valence-corrected chi connectivity index (χ0v) is 22.7. The van der Waals surface area contributed by atoms with Gasteiger partial charge < -0.3 is 10.3 Å². The summed E-state index contributed by atoms with van der Waals surface area (Å²) in [4.78, 5) is 8.06. The van der Waals surface area contributed by atoms with Crippen molar-refractivity contribution in [1.29, 1.82) is 0 Å². The third kappa shape index (κ3) is 5.32. The molecular weight excluding hydrogens is 466 g/mol. The van der Waals surface area contributed by atoms with E-state index in [0.29, 0.717) is 0 Å². The fourth-order valence-electron chi connectivity index (χ4n) is 5.04. The van der Waals surface area contributed by atoms with Gasteiger partial charge in [-0.3, -0.25) is 10.1 Å². The van der Waals surface area contributed by atoms with Gasteiger partial charge in [-0.25, -0.2) is 0 Å². The third-order valence-electron chi connectivity index (χ3n) is 6.63. The molecule has 0 bridgehead atoms. The number of fused-ring (bicyclic) bond motifs is 1. The molecule has 0 unspecified atom stereocenters. The number of aromatic nitrogens is 4. The number of rotatable bonds is 8. The molecule has 4 aromatic rings. The van der Waals surface area contributed by atoms with E-state index in [1.165, 1.54) is 5.57 Å². The minimum atomic E-state index is 0.168. The Balaban J connectivity index is 1.48. The molecule has 5 nitrogen and oxygen atoms in total. The lowest BCUT2D eigenvalue weighted by molar-refractivity contribution is 0.411. The van der Waals surface area contributed by atoms with E-state index in [2.05, 4.69) is 121 Å². The molecule has 0 saturated heterocycles. The largest absolute Gasteiger partial charge is 0.358 e. The topological polar surface area (TPSA) is 69.4 Å². The van der Waals surface area contributed by atoms with Gasteiger partial charge in [0.15, 0.2) is 0 Å². The van der Waals surface area contributed by atoms with E-state index in [-0.39, 0.29) is 5.41 Å². The molecule has 3 N–H and O–H groups in total. The predicted octanol–water partition coefficient (Wildman–Crippen LogP) is 8.75. The maximum Gasteiger partial charge on any atom is 0.116 e. The highest BCUT2D eigenvalue weighted by Gasteiger charge is 2.18. The standard InChI is InChI=1S/C33H35N5/c1-7-10-27(23-11-8-9-12-23)28-17-31(36-22(28)3)32-29-16-24(13-14-30(29)37-38-32)25-15-26(20-34-19-25)35-21(2)18-33(4,5)6/h7-8,10-17,19-20,35-36H,1-2,9,18H2,3-6H3,(H,37,38)/b27-10-. The van der Waals surface area contributed by atoms with Crippen LogP contribution in [0.5, 0.6) is 0 Å². The molecule has 0 aliphatic heterocycles. The fraction of sp³-hybridized carbons (Fsp3) is 0.212. The van der Waals surface area contributed by atoms with E-state index >= 15 is 0 Å². The summed E-state index contributed by atoms with van der Waals surface area (Å²) in [5.74, 6) is 0. The van der Waals surface area contributed by atoms with Gasteiger partial charge in [-0.05, 0) is 66.2 Å². The normalized spacial score (nSPS) is 13.7. The first kappa shape index (κ1) is 25.3. The monoisotopic (exact) mass is 501 g/mol.